The molecule has 0 amide bonds. The summed E-state index contributed by atoms with van der Waals surface area (Å²) in [6.45, 7) is 13.1. The van der Waals surface area contributed by atoms with Gasteiger partial charge in [0, 0.05) is 36.7 Å². The first-order valence-electron chi connectivity index (χ1n) is 5.21. The van der Waals surface area contributed by atoms with Crippen LogP contribution < -0.4 is 5.32 Å². The Morgan fingerprint density at radius 1 is 1.57 bits per heavy atom. The minimum Gasteiger partial charge on any atom is -0.316 e. The van der Waals surface area contributed by atoms with Crippen LogP contribution in [0.15, 0.2) is 12.2 Å². The second kappa shape index (κ2) is 5.19. The Kier molecular flexibility index (Phi) is 4.48. The van der Waals surface area contributed by atoms with Gasteiger partial charge in [0.1, 0.15) is 0 Å². The van der Waals surface area contributed by atoms with Gasteiger partial charge in [-0.3, -0.25) is 4.90 Å². The molecule has 14 heavy (non-hydrogen) atoms. The molecule has 1 saturated heterocycles. The molecular weight excluding hydrogens is 192 g/mol. The van der Waals surface area contributed by atoms with Crippen molar-refractivity contribution in [1.82, 2.24) is 10.2 Å². The van der Waals surface area contributed by atoms with Crippen molar-refractivity contribution in [3.05, 3.63) is 12.2 Å². The SMILES string of the molecule is C=C(CNC)CN1CCSC(C)(C)C1. The third-order valence-electron chi connectivity index (χ3n) is 2.38. The number of likely N-dealkylation sites (N-methyl/N-ethyl adjacent to an activating group) is 1. The second-order valence-electron chi connectivity index (χ2n) is 4.60. The van der Waals surface area contributed by atoms with Gasteiger partial charge in [0.2, 0.25) is 0 Å². The molecule has 0 aliphatic carbocycles. The maximum atomic E-state index is 4.08. The van der Waals surface area contributed by atoms with Gasteiger partial charge in [-0.05, 0) is 26.5 Å². The van der Waals surface area contributed by atoms with E-state index in [1.165, 1.54) is 24.4 Å². The van der Waals surface area contributed by atoms with Crippen molar-refractivity contribution in [3.8, 4) is 0 Å². The van der Waals surface area contributed by atoms with E-state index in [2.05, 4.69) is 42.4 Å². The predicted molar refractivity (Wildman–Crippen MR) is 66.0 cm³/mol. The highest BCUT2D eigenvalue weighted by molar-refractivity contribution is 8.00. The normalized spacial score (nSPS) is 22.2. The number of thioether (sulfide) groups is 1. The van der Waals surface area contributed by atoms with Gasteiger partial charge in [-0.25, -0.2) is 0 Å². The van der Waals surface area contributed by atoms with E-state index in [1.807, 2.05) is 7.05 Å². The van der Waals surface area contributed by atoms with Crippen LogP contribution in [-0.4, -0.2) is 48.6 Å². The van der Waals surface area contributed by atoms with Crippen molar-refractivity contribution in [2.45, 2.75) is 18.6 Å². The fourth-order valence-corrected chi connectivity index (χ4v) is 3.05. The fraction of sp³-hybridized carbons (Fsp3) is 0.818. The van der Waals surface area contributed by atoms with Crippen molar-refractivity contribution >= 4 is 11.8 Å². The lowest BCUT2D eigenvalue weighted by Gasteiger charge is -2.37. The average Bonchev–Trinajstić information content (AvgIpc) is 2.02. The van der Waals surface area contributed by atoms with E-state index < -0.39 is 0 Å². The molecule has 0 radical (unpaired) electrons. The van der Waals surface area contributed by atoms with E-state index in [9.17, 15) is 0 Å². The molecule has 0 unspecified atom stereocenters. The molecule has 3 heteroatoms. The van der Waals surface area contributed by atoms with Gasteiger partial charge in [-0.2, -0.15) is 11.8 Å². The highest BCUT2D eigenvalue weighted by Gasteiger charge is 2.26. The summed E-state index contributed by atoms with van der Waals surface area (Å²) in [5.41, 5.74) is 1.29. The molecule has 2 nitrogen and oxygen atoms in total. The van der Waals surface area contributed by atoms with Gasteiger partial charge in [0.25, 0.3) is 0 Å². The Bertz CT molecular complexity index is 201. The number of nitrogens with one attached hydrogen (secondary N) is 1. The zero-order chi connectivity index (χ0) is 10.6. The fourth-order valence-electron chi connectivity index (χ4n) is 1.87. The molecule has 0 aromatic rings. The van der Waals surface area contributed by atoms with Crippen LogP contribution in [0.4, 0.5) is 0 Å². The van der Waals surface area contributed by atoms with E-state index >= 15 is 0 Å². The number of rotatable bonds is 4. The topological polar surface area (TPSA) is 15.3 Å². The third-order valence-corrected chi connectivity index (χ3v) is 3.68. The lowest BCUT2D eigenvalue weighted by atomic mass is 10.1. The summed E-state index contributed by atoms with van der Waals surface area (Å²) in [6, 6.07) is 0. The summed E-state index contributed by atoms with van der Waals surface area (Å²) >= 11 is 2.08. The summed E-state index contributed by atoms with van der Waals surface area (Å²) in [4.78, 5) is 2.51. The lowest BCUT2D eigenvalue weighted by molar-refractivity contribution is 0.280. The van der Waals surface area contributed by atoms with Gasteiger partial charge >= 0.3 is 0 Å². The first kappa shape index (κ1) is 12.1. The van der Waals surface area contributed by atoms with E-state index in [0.29, 0.717) is 4.75 Å². The molecule has 1 aliphatic rings. The van der Waals surface area contributed by atoms with Crippen molar-refractivity contribution in [1.29, 1.82) is 0 Å². The first-order chi connectivity index (χ1) is 6.53. The summed E-state index contributed by atoms with van der Waals surface area (Å²) in [7, 11) is 1.97. The van der Waals surface area contributed by atoms with Gasteiger partial charge in [0.15, 0.2) is 0 Å². The van der Waals surface area contributed by atoms with Crippen molar-refractivity contribution in [2.24, 2.45) is 0 Å². The highest BCUT2D eigenvalue weighted by Crippen LogP contribution is 2.29. The quantitative estimate of drug-likeness (QED) is 0.716. The summed E-state index contributed by atoms with van der Waals surface area (Å²) < 4.78 is 0.415. The Morgan fingerprint density at radius 3 is 2.86 bits per heavy atom. The molecule has 1 heterocycles. The molecule has 82 valence electrons. The van der Waals surface area contributed by atoms with Gasteiger partial charge in [-0.15, -0.1) is 0 Å². The molecule has 0 aromatic heterocycles. The smallest absolute Gasteiger partial charge is 0.0231 e. The Morgan fingerprint density at radius 2 is 2.29 bits per heavy atom. The zero-order valence-electron chi connectivity index (χ0n) is 9.60. The first-order valence-corrected chi connectivity index (χ1v) is 6.19. The van der Waals surface area contributed by atoms with Crippen LogP contribution in [0.2, 0.25) is 0 Å². The van der Waals surface area contributed by atoms with Crippen molar-refractivity contribution < 1.29 is 0 Å². The largest absolute Gasteiger partial charge is 0.316 e. The molecule has 0 spiro atoms. The molecule has 0 atom stereocenters. The van der Waals surface area contributed by atoms with Gasteiger partial charge in [-0.1, -0.05) is 6.58 Å². The van der Waals surface area contributed by atoms with Crippen LogP contribution in [0.3, 0.4) is 0 Å². The van der Waals surface area contributed by atoms with Crippen molar-refractivity contribution in [2.75, 3.05) is 39.0 Å². The Hall–Kier alpha value is 0.0100. The molecular formula is C11H22N2S. The molecule has 1 N–H and O–H groups in total. The Balaban J connectivity index is 2.34. The van der Waals surface area contributed by atoms with Crippen LogP contribution in [-0.2, 0) is 0 Å². The summed E-state index contributed by atoms with van der Waals surface area (Å²) in [5, 5.41) is 3.15. The zero-order valence-corrected chi connectivity index (χ0v) is 10.4. The summed E-state index contributed by atoms with van der Waals surface area (Å²) in [6.07, 6.45) is 0. The Labute approximate surface area is 92.1 Å². The second-order valence-corrected chi connectivity index (χ2v) is 6.40. The minimum atomic E-state index is 0.415. The summed E-state index contributed by atoms with van der Waals surface area (Å²) in [5.74, 6) is 1.25. The van der Waals surface area contributed by atoms with Crippen LogP contribution >= 0.6 is 11.8 Å². The van der Waals surface area contributed by atoms with Crippen LogP contribution in [0, 0.1) is 0 Å². The number of nitrogens with zero attached hydrogens (tertiary/aromatic N) is 1. The molecule has 1 fully saturated rings. The average molecular weight is 214 g/mol. The standard InChI is InChI=1S/C11H22N2S/c1-10(7-12-4)8-13-5-6-14-11(2,3)9-13/h12H,1,5-9H2,2-4H3. The van der Waals surface area contributed by atoms with E-state index in [0.717, 1.165) is 13.1 Å². The molecule has 0 saturated carbocycles. The molecule has 1 aliphatic heterocycles. The van der Waals surface area contributed by atoms with Crippen LogP contribution in [0.5, 0.6) is 0 Å². The van der Waals surface area contributed by atoms with Gasteiger partial charge < -0.3 is 5.32 Å². The van der Waals surface area contributed by atoms with E-state index in [4.69, 9.17) is 0 Å². The third kappa shape index (κ3) is 4.03. The van der Waals surface area contributed by atoms with Gasteiger partial charge in [0.05, 0.1) is 0 Å². The lowest BCUT2D eigenvalue weighted by Crippen LogP contribution is -2.44. The predicted octanol–water partition coefficient (Wildman–Crippen LogP) is 1.59. The van der Waals surface area contributed by atoms with E-state index in [-0.39, 0.29) is 0 Å². The highest BCUT2D eigenvalue weighted by atomic mass is 32.2. The minimum absolute atomic E-state index is 0.415. The maximum absolute atomic E-state index is 4.08. The number of hydrogen-bond donors (Lipinski definition) is 1. The van der Waals surface area contributed by atoms with Crippen LogP contribution in [0.1, 0.15) is 13.8 Å². The maximum Gasteiger partial charge on any atom is 0.0231 e. The van der Waals surface area contributed by atoms with Crippen LogP contribution in [0.25, 0.3) is 0 Å². The molecule has 0 aromatic carbocycles. The van der Waals surface area contributed by atoms with E-state index in [1.54, 1.807) is 0 Å². The molecule has 0 bridgehead atoms. The monoisotopic (exact) mass is 214 g/mol. The van der Waals surface area contributed by atoms with Crippen molar-refractivity contribution in [3.63, 3.8) is 0 Å². The number of hydrogen-bond acceptors (Lipinski definition) is 3. The molecule has 1 rings (SSSR count).